The molecule has 1 aromatic heterocycles. The summed E-state index contributed by atoms with van der Waals surface area (Å²) in [6.07, 6.45) is 5.90. The van der Waals surface area contributed by atoms with Crippen molar-refractivity contribution < 1.29 is 9.59 Å². The molecule has 0 aromatic carbocycles. The van der Waals surface area contributed by atoms with Crippen LogP contribution < -0.4 is 10.6 Å². The van der Waals surface area contributed by atoms with Crippen molar-refractivity contribution in [1.29, 1.82) is 0 Å². The standard InChI is InChI=1S/C17H26ClN3O2/c1-4-5-6-13(11-18)16(22)21-15(12(2)3)17(23)20-14-7-9-19-10-8-14/h7-10,12-13,15H,4-6,11H2,1-3H3,(H,21,22)(H,19,20,23). The van der Waals surface area contributed by atoms with Gasteiger partial charge in [-0.05, 0) is 24.5 Å². The van der Waals surface area contributed by atoms with Crippen LogP contribution >= 0.6 is 11.6 Å². The van der Waals surface area contributed by atoms with Crippen LogP contribution in [0.1, 0.15) is 40.0 Å². The van der Waals surface area contributed by atoms with Gasteiger partial charge in [0.1, 0.15) is 6.04 Å². The molecular weight excluding hydrogens is 314 g/mol. The number of rotatable bonds is 9. The molecule has 1 aromatic rings. The number of alkyl halides is 1. The van der Waals surface area contributed by atoms with Crippen molar-refractivity contribution in [3.63, 3.8) is 0 Å². The number of pyridine rings is 1. The largest absolute Gasteiger partial charge is 0.344 e. The van der Waals surface area contributed by atoms with E-state index in [0.29, 0.717) is 5.69 Å². The van der Waals surface area contributed by atoms with E-state index in [1.54, 1.807) is 24.5 Å². The van der Waals surface area contributed by atoms with Gasteiger partial charge in [0.15, 0.2) is 0 Å². The topological polar surface area (TPSA) is 71.1 Å². The molecule has 0 saturated heterocycles. The molecule has 0 aliphatic rings. The molecule has 2 amide bonds. The highest BCUT2D eigenvalue weighted by Crippen LogP contribution is 2.13. The van der Waals surface area contributed by atoms with E-state index in [4.69, 9.17) is 11.6 Å². The second-order valence-electron chi connectivity index (χ2n) is 5.95. The lowest BCUT2D eigenvalue weighted by Gasteiger charge is -2.24. The van der Waals surface area contributed by atoms with Gasteiger partial charge in [-0.3, -0.25) is 14.6 Å². The second kappa shape index (κ2) is 10.2. The molecule has 1 rings (SSSR count). The van der Waals surface area contributed by atoms with Gasteiger partial charge in [-0.25, -0.2) is 0 Å². The summed E-state index contributed by atoms with van der Waals surface area (Å²) in [5.74, 6) is -0.405. The molecule has 6 heteroatoms. The maximum absolute atomic E-state index is 12.4. The number of nitrogens with zero attached hydrogens (tertiary/aromatic N) is 1. The summed E-state index contributed by atoms with van der Waals surface area (Å²) >= 11 is 5.90. The highest BCUT2D eigenvalue weighted by Gasteiger charge is 2.27. The summed E-state index contributed by atoms with van der Waals surface area (Å²) < 4.78 is 0. The van der Waals surface area contributed by atoms with Crippen LogP contribution in [0.25, 0.3) is 0 Å². The van der Waals surface area contributed by atoms with E-state index in [1.165, 1.54) is 0 Å². The third-order valence-electron chi connectivity index (χ3n) is 3.66. The van der Waals surface area contributed by atoms with E-state index in [9.17, 15) is 9.59 Å². The van der Waals surface area contributed by atoms with Crippen molar-refractivity contribution in [2.75, 3.05) is 11.2 Å². The van der Waals surface area contributed by atoms with Crippen molar-refractivity contribution in [3.8, 4) is 0 Å². The van der Waals surface area contributed by atoms with Gasteiger partial charge in [0.05, 0.1) is 5.92 Å². The van der Waals surface area contributed by atoms with E-state index in [1.807, 2.05) is 13.8 Å². The SMILES string of the molecule is CCCCC(CCl)C(=O)NC(C(=O)Nc1ccncc1)C(C)C. The lowest BCUT2D eigenvalue weighted by molar-refractivity contribution is -0.129. The van der Waals surface area contributed by atoms with E-state index >= 15 is 0 Å². The molecule has 128 valence electrons. The lowest BCUT2D eigenvalue weighted by atomic mass is 9.99. The van der Waals surface area contributed by atoms with Crippen LogP contribution in [-0.4, -0.2) is 28.7 Å². The first-order chi connectivity index (χ1) is 11.0. The van der Waals surface area contributed by atoms with Crippen LogP contribution in [0, 0.1) is 11.8 Å². The van der Waals surface area contributed by atoms with Gasteiger partial charge in [-0.15, -0.1) is 11.6 Å². The smallest absolute Gasteiger partial charge is 0.247 e. The number of hydrogen-bond acceptors (Lipinski definition) is 3. The van der Waals surface area contributed by atoms with Crippen LogP contribution in [0.2, 0.25) is 0 Å². The van der Waals surface area contributed by atoms with Gasteiger partial charge in [0.2, 0.25) is 11.8 Å². The van der Waals surface area contributed by atoms with Crippen molar-refractivity contribution in [3.05, 3.63) is 24.5 Å². The predicted molar refractivity (Wildman–Crippen MR) is 93.4 cm³/mol. The Balaban J connectivity index is 2.70. The first-order valence-corrected chi connectivity index (χ1v) is 8.60. The van der Waals surface area contributed by atoms with E-state index in [0.717, 1.165) is 19.3 Å². The van der Waals surface area contributed by atoms with Gasteiger partial charge >= 0.3 is 0 Å². The number of nitrogens with one attached hydrogen (secondary N) is 2. The first-order valence-electron chi connectivity index (χ1n) is 8.06. The minimum atomic E-state index is -0.594. The normalized spacial score (nSPS) is 13.4. The molecule has 0 aliphatic carbocycles. The molecule has 2 unspecified atom stereocenters. The maximum atomic E-state index is 12.4. The van der Waals surface area contributed by atoms with Crippen LogP contribution in [0.5, 0.6) is 0 Å². The Morgan fingerprint density at radius 3 is 2.39 bits per heavy atom. The Morgan fingerprint density at radius 2 is 1.87 bits per heavy atom. The first kappa shape index (κ1) is 19.4. The fourth-order valence-electron chi connectivity index (χ4n) is 2.19. The summed E-state index contributed by atoms with van der Waals surface area (Å²) in [6.45, 7) is 5.87. The average molecular weight is 340 g/mol. The number of carbonyl (C=O) groups is 2. The van der Waals surface area contributed by atoms with Crippen molar-refractivity contribution in [1.82, 2.24) is 10.3 Å². The van der Waals surface area contributed by atoms with Gasteiger partial charge in [0, 0.05) is 24.0 Å². The minimum absolute atomic E-state index is 0.0251. The van der Waals surface area contributed by atoms with Gasteiger partial charge in [-0.2, -0.15) is 0 Å². The van der Waals surface area contributed by atoms with Crippen molar-refractivity contribution in [2.24, 2.45) is 11.8 Å². The number of aromatic nitrogens is 1. The zero-order chi connectivity index (χ0) is 17.2. The van der Waals surface area contributed by atoms with E-state index < -0.39 is 6.04 Å². The summed E-state index contributed by atoms with van der Waals surface area (Å²) in [4.78, 5) is 28.7. The molecule has 2 atom stereocenters. The Kier molecular flexibility index (Phi) is 8.62. The summed E-state index contributed by atoms with van der Waals surface area (Å²) in [5.41, 5.74) is 0.657. The molecule has 2 N–H and O–H groups in total. The van der Waals surface area contributed by atoms with Gasteiger partial charge < -0.3 is 10.6 Å². The monoisotopic (exact) mass is 339 g/mol. The van der Waals surface area contributed by atoms with E-state index in [-0.39, 0.29) is 29.5 Å². The van der Waals surface area contributed by atoms with Crippen LogP contribution in [0.3, 0.4) is 0 Å². The molecule has 0 spiro atoms. The minimum Gasteiger partial charge on any atom is -0.344 e. The Hall–Kier alpha value is -1.62. The molecule has 23 heavy (non-hydrogen) atoms. The third-order valence-corrected chi connectivity index (χ3v) is 4.03. The van der Waals surface area contributed by atoms with Crippen molar-refractivity contribution in [2.45, 2.75) is 46.1 Å². The summed E-state index contributed by atoms with van der Waals surface area (Å²) in [7, 11) is 0. The molecule has 0 aliphatic heterocycles. The number of hydrogen-bond donors (Lipinski definition) is 2. The Morgan fingerprint density at radius 1 is 1.22 bits per heavy atom. The quantitative estimate of drug-likeness (QED) is 0.679. The highest BCUT2D eigenvalue weighted by molar-refractivity contribution is 6.19. The molecular formula is C17H26ClN3O2. The number of halogens is 1. The van der Waals surface area contributed by atoms with E-state index in [2.05, 4.69) is 22.5 Å². The highest BCUT2D eigenvalue weighted by atomic mass is 35.5. The fraction of sp³-hybridized carbons (Fsp3) is 0.588. The van der Waals surface area contributed by atoms with Crippen molar-refractivity contribution >= 4 is 29.1 Å². The molecule has 0 bridgehead atoms. The summed E-state index contributed by atoms with van der Waals surface area (Å²) in [5, 5.41) is 5.65. The molecule has 0 radical (unpaired) electrons. The van der Waals surface area contributed by atoms with Gasteiger partial charge in [0.25, 0.3) is 0 Å². The summed E-state index contributed by atoms with van der Waals surface area (Å²) in [6, 6.07) is 2.82. The van der Waals surface area contributed by atoms with Crippen LogP contribution in [-0.2, 0) is 9.59 Å². The lowest BCUT2D eigenvalue weighted by Crippen LogP contribution is -2.49. The number of amides is 2. The molecule has 0 saturated carbocycles. The average Bonchev–Trinajstić information content (AvgIpc) is 2.53. The third kappa shape index (κ3) is 6.57. The van der Waals surface area contributed by atoms with Gasteiger partial charge in [-0.1, -0.05) is 33.6 Å². The zero-order valence-electron chi connectivity index (χ0n) is 14.0. The molecule has 5 nitrogen and oxygen atoms in total. The second-order valence-corrected chi connectivity index (χ2v) is 6.26. The van der Waals surface area contributed by atoms with Crippen LogP contribution in [0.15, 0.2) is 24.5 Å². The Labute approximate surface area is 143 Å². The molecule has 1 heterocycles. The van der Waals surface area contributed by atoms with Crippen LogP contribution in [0.4, 0.5) is 5.69 Å². The predicted octanol–water partition coefficient (Wildman–Crippen LogP) is 3.21. The fourth-order valence-corrected chi connectivity index (χ4v) is 2.48. The number of anilines is 1. The number of carbonyl (C=O) groups excluding carboxylic acids is 2. The number of unbranched alkanes of at least 4 members (excludes halogenated alkanes) is 1. The zero-order valence-corrected chi connectivity index (χ0v) is 14.8. The Bertz CT molecular complexity index is 494. The molecule has 0 fully saturated rings. The maximum Gasteiger partial charge on any atom is 0.247 e.